The molecule has 7 nitrogen and oxygen atoms in total. The summed E-state index contributed by atoms with van der Waals surface area (Å²) in [5.74, 6) is -1.96. The Bertz CT molecular complexity index is 493. The summed E-state index contributed by atoms with van der Waals surface area (Å²) in [7, 11) is 1.18. The van der Waals surface area contributed by atoms with Crippen molar-refractivity contribution in [1.82, 2.24) is 0 Å². The first-order valence-corrected chi connectivity index (χ1v) is 5.78. The van der Waals surface area contributed by atoms with E-state index in [1.54, 1.807) is 0 Å². The largest absolute Gasteiger partial charge is 0.485 e. The molecule has 0 spiro atoms. The molecule has 1 aliphatic rings. The Morgan fingerprint density at radius 1 is 1.28 bits per heavy atom. The summed E-state index contributed by atoms with van der Waals surface area (Å²) in [6.07, 6.45) is -0.880. The fourth-order valence-corrected chi connectivity index (χ4v) is 2.38. The van der Waals surface area contributed by atoms with Gasteiger partial charge >= 0.3 is 11.9 Å². The lowest BCUT2D eigenvalue weighted by atomic mass is 10.3. The van der Waals surface area contributed by atoms with Crippen molar-refractivity contribution in [1.29, 1.82) is 0 Å². The highest BCUT2D eigenvalue weighted by Crippen LogP contribution is 2.43. The van der Waals surface area contributed by atoms with Gasteiger partial charge in [-0.25, -0.2) is 9.59 Å². The zero-order valence-electron chi connectivity index (χ0n) is 9.34. The maximum Gasteiger partial charge on any atom is 0.352 e. The van der Waals surface area contributed by atoms with Crippen LogP contribution < -0.4 is 9.47 Å². The van der Waals surface area contributed by atoms with Gasteiger partial charge in [-0.2, -0.15) is 0 Å². The van der Waals surface area contributed by atoms with E-state index in [9.17, 15) is 14.7 Å². The molecule has 1 unspecified atom stereocenters. The Morgan fingerprint density at radius 2 is 1.83 bits per heavy atom. The van der Waals surface area contributed by atoms with E-state index in [2.05, 4.69) is 4.74 Å². The molecule has 2 N–H and O–H groups in total. The van der Waals surface area contributed by atoms with Gasteiger partial charge in [0.1, 0.15) is 19.3 Å². The van der Waals surface area contributed by atoms with E-state index < -0.39 is 18.0 Å². The molecule has 0 bridgehead atoms. The van der Waals surface area contributed by atoms with E-state index in [1.807, 2.05) is 0 Å². The second kappa shape index (κ2) is 4.83. The van der Waals surface area contributed by atoms with E-state index >= 15 is 0 Å². The Labute approximate surface area is 106 Å². The van der Waals surface area contributed by atoms with Crippen molar-refractivity contribution in [2.75, 3.05) is 20.3 Å². The third-order valence-corrected chi connectivity index (χ3v) is 3.35. The number of carbonyl (C=O) groups is 2. The number of aromatic carboxylic acids is 1. The fourth-order valence-electron chi connectivity index (χ4n) is 1.44. The molecule has 0 saturated heterocycles. The maximum absolute atomic E-state index is 11.5. The molecule has 0 amide bonds. The molecule has 98 valence electrons. The Kier molecular flexibility index (Phi) is 3.39. The third kappa shape index (κ3) is 2.12. The average Bonchev–Trinajstić information content (AvgIpc) is 2.61. The van der Waals surface area contributed by atoms with Crippen LogP contribution in [-0.4, -0.2) is 48.6 Å². The Balaban J connectivity index is 2.51. The van der Waals surface area contributed by atoms with Crippen LogP contribution in [0.25, 0.3) is 0 Å². The average molecular weight is 274 g/mol. The van der Waals surface area contributed by atoms with Crippen molar-refractivity contribution in [2.24, 2.45) is 0 Å². The van der Waals surface area contributed by atoms with Crippen molar-refractivity contribution < 1.29 is 34.0 Å². The van der Waals surface area contributed by atoms with E-state index in [0.717, 1.165) is 11.3 Å². The summed E-state index contributed by atoms with van der Waals surface area (Å²) in [4.78, 5) is 22.4. The Morgan fingerprint density at radius 3 is 2.33 bits per heavy atom. The molecule has 0 saturated carbocycles. The van der Waals surface area contributed by atoms with Crippen molar-refractivity contribution in [3.63, 3.8) is 0 Å². The summed E-state index contributed by atoms with van der Waals surface area (Å²) in [5, 5.41) is 18.4. The molecule has 2 heterocycles. The highest BCUT2D eigenvalue weighted by atomic mass is 32.1. The third-order valence-electron chi connectivity index (χ3n) is 2.23. The molecule has 1 aliphatic heterocycles. The first-order valence-electron chi connectivity index (χ1n) is 4.96. The van der Waals surface area contributed by atoms with Crippen molar-refractivity contribution in [2.45, 2.75) is 6.10 Å². The molecule has 0 fully saturated rings. The molecule has 8 heteroatoms. The molecule has 1 aromatic heterocycles. The number of esters is 1. The predicted octanol–water partition coefficient (Wildman–Crippen LogP) is 0.365. The van der Waals surface area contributed by atoms with Gasteiger partial charge in [-0.05, 0) is 0 Å². The number of carboxylic acid groups (broad SMARTS) is 1. The molecule has 2 rings (SSSR count). The van der Waals surface area contributed by atoms with Crippen LogP contribution in [0.1, 0.15) is 19.3 Å². The number of carboxylic acids is 1. The van der Waals surface area contributed by atoms with Gasteiger partial charge in [-0.1, -0.05) is 0 Å². The van der Waals surface area contributed by atoms with Crippen LogP contribution in [0.5, 0.6) is 11.5 Å². The number of aliphatic hydroxyl groups is 1. The predicted molar refractivity (Wildman–Crippen MR) is 59.6 cm³/mol. The molecule has 0 radical (unpaired) electrons. The first kappa shape index (κ1) is 12.7. The number of ether oxygens (including phenoxy) is 3. The maximum atomic E-state index is 11.5. The van der Waals surface area contributed by atoms with Crippen molar-refractivity contribution in [3.05, 3.63) is 9.75 Å². The number of rotatable bonds is 2. The van der Waals surface area contributed by atoms with Crippen LogP contribution >= 0.6 is 11.3 Å². The number of hydrogen-bond acceptors (Lipinski definition) is 7. The standard InChI is InChI=1S/C10H10O7S/c1-15-10(14)8-6-5(7(18-8)9(12)13)16-2-4(11)3-17-6/h4,11H,2-3H2,1H3,(H,12,13). The highest BCUT2D eigenvalue weighted by Gasteiger charge is 2.32. The molecule has 1 atom stereocenters. The molecule has 1 aromatic rings. The fraction of sp³-hybridized carbons (Fsp3) is 0.400. The van der Waals surface area contributed by atoms with Crippen LogP contribution in [0.4, 0.5) is 0 Å². The summed E-state index contributed by atoms with van der Waals surface area (Å²) in [6, 6.07) is 0. The van der Waals surface area contributed by atoms with E-state index in [0.29, 0.717) is 0 Å². The molecular weight excluding hydrogens is 264 g/mol. The lowest BCUT2D eigenvalue weighted by molar-refractivity contribution is 0.0594. The second-order valence-corrected chi connectivity index (χ2v) is 4.51. The van der Waals surface area contributed by atoms with E-state index in [1.165, 1.54) is 7.11 Å². The molecule has 18 heavy (non-hydrogen) atoms. The number of methoxy groups -OCH3 is 1. The summed E-state index contributed by atoms with van der Waals surface area (Å²) in [5.41, 5.74) is 0. The zero-order chi connectivity index (χ0) is 13.3. The first-order chi connectivity index (χ1) is 8.54. The van der Waals surface area contributed by atoms with Crippen LogP contribution in [0, 0.1) is 0 Å². The lowest BCUT2D eigenvalue weighted by Crippen LogP contribution is -2.22. The van der Waals surface area contributed by atoms with Crippen LogP contribution in [0.2, 0.25) is 0 Å². The minimum absolute atomic E-state index is 0.0130. The van der Waals surface area contributed by atoms with Crippen LogP contribution in [-0.2, 0) is 4.74 Å². The molecule has 0 aliphatic carbocycles. The van der Waals surface area contributed by atoms with Crippen molar-refractivity contribution in [3.8, 4) is 11.5 Å². The number of fused-ring (bicyclic) bond motifs is 1. The summed E-state index contributed by atoms with van der Waals surface area (Å²) >= 11 is 0.721. The number of hydrogen-bond donors (Lipinski definition) is 2. The monoisotopic (exact) mass is 274 g/mol. The van der Waals surface area contributed by atoms with Gasteiger partial charge in [0.15, 0.2) is 21.3 Å². The van der Waals surface area contributed by atoms with Gasteiger partial charge < -0.3 is 24.4 Å². The number of aliphatic hydroxyl groups excluding tert-OH is 1. The topological polar surface area (TPSA) is 102 Å². The molecule has 0 aromatic carbocycles. The Hall–Kier alpha value is -1.80. The number of thiophene rings is 1. The van der Waals surface area contributed by atoms with Gasteiger partial charge in [0, 0.05) is 0 Å². The summed E-state index contributed by atoms with van der Waals surface area (Å²) in [6.45, 7) is -0.169. The quantitative estimate of drug-likeness (QED) is 0.751. The molecular formula is C10H10O7S. The normalized spacial score (nSPS) is 18.0. The highest BCUT2D eigenvalue weighted by molar-refractivity contribution is 7.16. The van der Waals surface area contributed by atoms with Gasteiger partial charge in [-0.3, -0.25) is 0 Å². The second-order valence-electron chi connectivity index (χ2n) is 3.49. The summed E-state index contributed by atoms with van der Waals surface area (Å²) < 4.78 is 14.9. The van der Waals surface area contributed by atoms with Gasteiger partial charge in [0.25, 0.3) is 0 Å². The number of carbonyl (C=O) groups excluding carboxylic acids is 1. The van der Waals surface area contributed by atoms with Gasteiger partial charge in [0.2, 0.25) is 0 Å². The van der Waals surface area contributed by atoms with Crippen LogP contribution in [0.3, 0.4) is 0 Å². The van der Waals surface area contributed by atoms with Gasteiger partial charge in [-0.15, -0.1) is 11.3 Å². The SMILES string of the molecule is COC(=O)c1sc(C(=O)O)c2c1OCC(O)CO2. The van der Waals surface area contributed by atoms with Crippen LogP contribution in [0.15, 0.2) is 0 Å². The van der Waals surface area contributed by atoms with E-state index in [-0.39, 0.29) is 34.5 Å². The smallest absolute Gasteiger partial charge is 0.352 e. The zero-order valence-corrected chi connectivity index (χ0v) is 10.2. The minimum atomic E-state index is -1.23. The van der Waals surface area contributed by atoms with Crippen molar-refractivity contribution >= 4 is 23.3 Å². The minimum Gasteiger partial charge on any atom is -0.485 e. The van der Waals surface area contributed by atoms with E-state index in [4.69, 9.17) is 14.6 Å². The van der Waals surface area contributed by atoms with Gasteiger partial charge in [0.05, 0.1) is 7.11 Å². The lowest BCUT2D eigenvalue weighted by Gasteiger charge is -2.05.